The normalized spacial score (nSPS) is 17.6. The number of hydrogen-bond acceptors (Lipinski definition) is 2. The highest BCUT2D eigenvalue weighted by atomic mass is 32.2. The van der Waals surface area contributed by atoms with Gasteiger partial charge in [-0.15, -0.1) is 11.8 Å². The van der Waals surface area contributed by atoms with Crippen molar-refractivity contribution >= 4 is 17.4 Å². The van der Waals surface area contributed by atoms with Crippen molar-refractivity contribution in [1.82, 2.24) is 0 Å². The zero-order valence-corrected chi connectivity index (χ0v) is 11.3. The molecule has 1 atom stereocenters. The van der Waals surface area contributed by atoms with E-state index in [4.69, 9.17) is 0 Å². The van der Waals surface area contributed by atoms with Gasteiger partial charge in [0.25, 0.3) is 0 Å². The van der Waals surface area contributed by atoms with Crippen LogP contribution in [0.3, 0.4) is 0 Å². The molecule has 1 nitrogen and oxygen atoms in total. The summed E-state index contributed by atoms with van der Waals surface area (Å²) in [7, 11) is 0. The number of benzene rings is 2. The average Bonchev–Trinajstić information content (AvgIpc) is 2.43. The van der Waals surface area contributed by atoms with Gasteiger partial charge in [0.2, 0.25) is 0 Å². The van der Waals surface area contributed by atoms with E-state index in [1.807, 2.05) is 24.3 Å². The maximum atomic E-state index is 13.7. The van der Waals surface area contributed by atoms with E-state index >= 15 is 0 Å². The molecule has 104 valence electrons. The van der Waals surface area contributed by atoms with Crippen molar-refractivity contribution in [2.24, 2.45) is 0 Å². The highest BCUT2D eigenvalue weighted by Crippen LogP contribution is 2.38. The SMILES string of the molecule is Fc1cc(F)c(NC2CCSc3ccccc32)c(F)c1. The molecule has 0 aromatic heterocycles. The van der Waals surface area contributed by atoms with Gasteiger partial charge >= 0.3 is 0 Å². The molecule has 0 fully saturated rings. The molecule has 1 heterocycles. The van der Waals surface area contributed by atoms with E-state index in [0.717, 1.165) is 22.6 Å². The fraction of sp³-hybridized carbons (Fsp3) is 0.200. The number of hydrogen-bond donors (Lipinski definition) is 1. The van der Waals surface area contributed by atoms with Crippen LogP contribution >= 0.6 is 11.8 Å². The third-order valence-electron chi connectivity index (χ3n) is 3.28. The Kier molecular flexibility index (Phi) is 3.61. The number of anilines is 1. The molecular formula is C15H12F3NS. The molecular weight excluding hydrogens is 283 g/mol. The zero-order chi connectivity index (χ0) is 14.1. The fourth-order valence-electron chi connectivity index (χ4n) is 2.35. The van der Waals surface area contributed by atoms with E-state index in [2.05, 4.69) is 5.32 Å². The van der Waals surface area contributed by atoms with Gasteiger partial charge in [-0.05, 0) is 18.1 Å². The highest BCUT2D eigenvalue weighted by Gasteiger charge is 2.22. The van der Waals surface area contributed by atoms with E-state index in [0.29, 0.717) is 12.1 Å². The van der Waals surface area contributed by atoms with Crippen LogP contribution in [0.4, 0.5) is 18.9 Å². The van der Waals surface area contributed by atoms with E-state index < -0.39 is 17.5 Å². The predicted molar refractivity (Wildman–Crippen MR) is 74.5 cm³/mol. The summed E-state index contributed by atoms with van der Waals surface area (Å²) in [6.07, 6.45) is 0.762. The maximum Gasteiger partial charge on any atom is 0.152 e. The van der Waals surface area contributed by atoms with Gasteiger partial charge in [-0.1, -0.05) is 18.2 Å². The number of nitrogens with one attached hydrogen (secondary N) is 1. The van der Waals surface area contributed by atoms with Crippen LogP contribution in [-0.2, 0) is 0 Å². The first-order valence-corrected chi connectivity index (χ1v) is 7.26. The standard InChI is InChI=1S/C15H12F3NS/c16-9-7-11(17)15(12(18)8-9)19-13-5-6-20-14-4-2-1-3-10(13)14/h1-4,7-8,13,19H,5-6H2. The lowest BCUT2D eigenvalue weighted by Crippen LogP contribution is -2.17. The number of rotatable bonds is 2. The van der Waals surface area contributed by atoms with E-state index in [9.17, 15) is 13.2 Å². The molecule has 0 aliphatic carbocycles. The van der Waals surface area contributed by atoms with Gasteiger partial charge in [0.1, 0.15) is 11.5 Å². The summed E-state index contributed by atoms with van der Waals surface area (Å²) in [5.74, 6) is -1.85. The summed E-state index contributed by atoms with van der Waals surface area (Å²) in [5.41, 5.74) is 0.755. The molecule has 2 aromatic carbocycles. The molecule has 5 heteroatoms. The van der Waals surface area contributed by atoms with Crippen molar-refractivity contribution in [1.29, 1.82) is 0 Å². The summed E-state index contributed by atoms with van der Waals surface area (Å²) in [4.78, 5) is 1.11. The summed E-state index contributed by atoms with van der Waals surface area (Å²) >= 11 is 1.73. The molecule has 20 heavy (non-hydrogen) atoms. The molecule has 1 unspecified atom stereocenters. The lowest BCUT2D eigenvalue weighted by molar-refractivity contribution is 0.543. The quantitative estimate of drug-likeness (QED) is 0.858. The molecule has 0 radical (unpaired) electrons. The van der Waals surface area contributed by atoms with Crippen molar-refractivity contribution in [2.75, 3.05) is 11.1 Å². The van der Waals surface area contributed by atoms with Gasteiger partial charge in [0.05, 0.1) is 6.04 Å². The molecule has 0 amide bonds. The van der Waals surface area contributed by atoms with Crippen molar-refractivity contribution < 1.29 is 13.2 Å². The maximum absolute atomic E-state index is 13.7. The molecule has 0 saturated carbocycles. The number of fused-ring (bicyclic) bond motifs is 1. The van der Waals surface area contributed by atoms with Gasteiger partial charge < -0.3 is 5.32 Å². The number of halogens is 3. The molecule has 3 rings (SSSR count). The lowest BCUT2D eigenvalue weighted by atomic mass is 10.0. The first-order valence-electron chi connectivity index (χ1n) is 6.28. The van der Waals surface area contributed by atoms with Crippen LogP contribution in [0.5, 0.6) is 0 Å². The summed E-state index contributed by atoms with van der Waals surface area (Å²) < 4.78 is 40.3. The van der Waals surface area contributed by atoms with Gasteiger partial charge in [-0.2, -0.15) is 0 Å². The van der Waals surface area contributed by atoms with Gasteiger partial charge in [-0.25, -0.2) is 13.2 Å². The second-order valence-corrected chi connectivity index (χ2v) is 5.75. The Bertz CT molecular complexity index is 622. The largest absolute Gasteiger partial charge is 0.373 e. The first-order chi connectivity index (χ1) is 9.65. The van der Waals surface area contributed by atoms with Crippen molar-refractivity contribution in [3.63, 3.8) is 0 Å². The van der Waals surface area contributed by atoms with Gasteiger partial charge in [0, 0.05) is 22.8 Å². The van der Waals surface area contributed by atoms with Crippen LogP contribution in [-0.4, -0.2) is 5.75 Å². The average molecular weight is 295 g/mol. The molecule has 1 aliphatic heterocycles. The molecule has 1 aliphatic rings. The fourth-order valence-corrected chi connectivity index (χ4v) is 3.47. The Morgan fingerprint density at radius 1 is 1.05 bits per heavy atom. The minimum atomic E-state index is -0.912. The summed E-state index contributed by atoms with van der Waals surface area (Å²) in [5, 5.41) is 2.87. The molecule has 1 N–H and O–H groups in total. The second-order valence-electron chi connectivity index (χ2n) is 4.62. The third kappa shape index (κ3) is 2.50. The van der Waals surface area contributed by atoms with Crippen LogP contribution in [0, 0.1) is 17.5 Å². The Morgan fingerprint density at radius 3 is 2.50 bits per heavy atom. The Morgan fingerprint density at radius 2 is 1.75 bits per heavy atom. The van der Waals surface area contributed by atoms with E-state index in [1.54, 1.807) is 11.8 Å². The Labute approximate surface area is 119 Å². The Hall–Kier alpha value is -1.62. The first kappa shape index (κ1) is 13.4. The van der Waals surface area contributed by atoms with Crippen LogP contribution in [0.1, 0.15) is 18.0 Å². The summed E-state index contributed by atoms with van der Waals surface area (Å²) in [6.45, 7) is 0. The molecule has 0 bridgehead atoms. The van der Waals surface area contributed by atoms with Crippen molar-refractivity contribution in [2.45, 2.75) is 17.4 Å². The third-order valence-corrected chi connectivity index (χ3v) is 4.41. The van der Waals surface area contributed by atoms with Gasteiger partial charge in [-0.3, -0.25) is 0 Å². The Balaban J connectivity index is 1.94. The topological polar surface area (TPSA) is 12.0 Å². The molecule has 0 spiro atoms. The van der Waals surface area contributed by atoms with Crippen LogP contribution in [0.25, 0.3) is 0 Å². The van der Waals surface area contributed by atoms with E-state index in [-0.39, 0.29) is 11.7 Å². The number of thioether (sulfide) groups is 1. The van der Waals surface area contributed by atoms with Crippen LogP contribution < -0.4 is 5.32 Å². The highest BCUT2D eigenvalue weighted by molar-refractivity contribution is 7.99. The second kappa shape index (κ2) is 5.40. The van der Waals surface area contributed by atoms with Crippen molar-refractivity contribution in [3.8, 4) is 0 Å². The predicted octanol–water partition coefficient (Wildman–Crippen LogP) is 4.75. The van der Waals surface area contributed by atoms with E-state index in [1.165, 1.54) is 0 Å². The smallest absolute Gasteiger partial charge is 0.152 e. The lowest BCUT2D eigenvalue weighted by Gasteiger charge is -2.27. The minimum absolute atomic E-state index is 0.165. The zero-order valence-electron chi connectivity index (χ0n) is 10.5. The molecule has 0 saturated heterocycles. The van der Waals surface area contributed by atoms with Gasteiger partial charge in [0.15, 0.2) is 11.6 Å². The molecule has 2 aromatic rings. The minimum Gasteiger partial charge on any atom is -0.373 e. The monoisotopic (exact) mass is 295 g/mol. The van der Waals surface area contributed by atoms with Crippen LogP contribution in [0.2, 0.25) is 0 Å². The van der Waals surface area contributed by atoms with Crippen molar-refractivity contribution in [3.05, 3.63) is 59.4 Å². The summed E-state index contributed by atoms with van der Waals surface area (Å²) in [6, 6.07) is 8.99. The van der Waals surface area contributed by atoms with Crippen LogP contribution in [0.15, 0.2) is 41.3 Å².